The molecule has 0 heterocycles. The Morgan fingerprint density at radius 3 is 1.36 bits per heavy atom. The first kappa shape index (κ1) is 11.6. The molecule has 2 radical (unpaired) electrons. The van der Waals surface area contributed by atoms with Gasteiger partial charge in [0, 0.05) is 0 Å². The van der Waals surface area contributed by atoms with Crippen LogP contribution in [0.1, 0.15) is 0 Å². The normalized spacial score (nSPS) is 8.36. The van der Waals surface area contributed by atoms with E-state index in [9.17, 15) is 0 Å². The molecular weight excluding hydrogens is 242 g/mol. The molecule has 5 heteroatoms. The smallest absolute Gasteiger partial charge is 0.148 e. The fourth-order valence-electron chi connectivity index (χ4n) is 0.439. The average molecular weight is 246 g/mol. The predicted octanol–water partition coefficient (Wildman–Crippen LogP) is 3.99. The van der Waals surface area contributed by atoms with Crippen LogP contribution in [0.3, 0.4) is 0 Å². The van der Waals surface area contributed by atoms with Gasteiger partial charge in [0.25, 0.3) is 8.14 Å². The Kier molecular flexibility index (Phi) is 7.65. The Balaban J connectivity index is 0.000000292. The van der Waals surface area contributed by atoms with Gasteiger partial charge < -0.3 is 0 Å². The van der Waals surface area contributed by atoms with E-state index in [1.165, 1.54) is 0 Å². The summed E-state index contributed by atoms with van der Waals surface area (Å²) in [6, 6.07) is 7.19. The predicted molar refractivity (Wildman–Crippen MR) is 53.9 cm³/mol. The third kappa shape index (κ3) is 5.82. The van der Waals surface area contributed by atoms with E-state index in [4.69, 9.17) is 45.4 Å². The lowest BCUT2D eigenvalue weighted by Crippen LogP contribution is -1.62. The molecule has 0 aliphatic rings. The minimum Gasteiger partial charge on any atom is -0.148 e. The van der Waals surface area contributed by atoms with E-state index in [0.717, 1.165) is 0 Å². The topological polar surface area (TPSA) is 0 Å². The van der Waals surface area contributed by atoms with E-state index < -0.39 is 0 Å². The lowest BCUT2D eigenvalue weighted by Gasteiger charge is -1.88. The fourth-order valence-corrected chi connectivity index (χ4v) is 0.711. The molecule has 0 bridgehead atoms. The molecule has 0 aliphatic heterocycles. The lowest BCUT2D eigenvalue weighted by atomic mass is 10.4. The molecule has 0 nitrogen and oxygen atoms in total. The number of halogens is 4. The summed E-state index contributed by atoms with van der Waals surface area (Å²) in [4.78, 5) is 0. The third-order valence-electron chi connectivity index (χ3n) is 0.824. The first-order valence-electron chi connectivity index (χ1n) is 2.58. The second kappa shape index (κ2) is 7.26. The van der Waals surface area contributed by atoms with Crippen molar-refractivity contribution in [1.82, 2.24) is 0 Å². The van der Waals surface area contributed by atoms with Crippen molar-refractivity contribution in [3.05, 3.63) is 34.3 Å². The Morgan fingerprint density at radius 1 is 0.909 bits per heavy atom. The van der Waals surface area contributed by atoms with Crippen molar-refractivity contribution in [2.24, 2.45) is 0 Å². The summed E-state index contributed by atoms with van der Waals surface area (Å²) in [6.07, 6.45) is 0. The van der Waals surface area contributed by atoms with Crippen molar-refractivity contribution >= 4 is 53.5 Å². The molecule has 1 rings (SSSR count). The van der Waals surface area contributed by atoms with Crippen LogP contribution in [-0.2, 0) is 0 Å². The average Bonchev–Trinajstić information content (AvgIpc) is 1.97. The maximum Gasteiger partial charge on any atom is 0.295 e. The highest BCUT2D eigenvalue weighted by Gasteiger charge is 1.89. The summed E-state index contributed by atoms with van der Waals surface area (Å²) in [5, 5.41) is 1.21. The second-order valence-electron chi connectivity index (χ2n) is 1.49. The van der Waals surface area contributed by atoms with Gasteiger partial charge >= 0.3 is 0 Å². The fraction of sp³-hybridized carbons (Fsp3) is 0. The molecule has 0 saturated heterocycles. The van der Waals surface area contributed by atoms with Crippen LogP contribution < -0.4 is 0 Å². The van der Waals surface area contributed by atoms with Gasteiger partial charge in [-0.3, -0.25) is 0 Å². The number of rotatable bonds is 0. The van der Waals surface area contributed by atoms with Crippen LogP contribution in [0.2, 0.25) is 10.0 Å². The molecule has 1 aromatic rings. The van der Waals surface area contributed by atoms with Gasteiger partial charge in [-0.25, -0.2) is 0 Å². The Labute approximate surface area is 87.6 Å². The first-order valence-corrected chi connectivity index (χ1v) is 6.36. The van der Waals surface area contributed by atoms with Gasteiger partial charge in [-0.2, -0.15) is 0 Å². The van der Waals surface area contributed by atoms with Crippen LogP contribution in [0, 0.1) is 0 Å². The lowest BCUT2D eigenvalue weighted by molar-refractivity contribution is 1.71. The standard InChI is InChI=1S/C6H4Cl2.Cl2Si/c7-5-3-1-2-4-6(5)8;1-3-2/h1-4H;. The summed E-state index contributed by atoms with van der Waals surface area (Å²) in [5.41, 5.74) is 0. The van der Waals surface area contributed by atoms with Gasteiger partial charge in [0.2, 0.25) is 0 Å². The second-order valence-corrected chi connectivity index (χ2v) is 4.16. The van der Waals surface area contributed by atoms with Gasteiger partial charge in [0.05, 0.1) is 10.0 Å². The zero-order valence-electron chi connectivity index (χ0n) is 5.32. The van der Waals surface area contributed by atoms with E-state index in [2.05, 4.69) is 0 Å². The van der Waals surface area contributed by atoms with E-state index in [-0.39, 0.29) is 8.14 Å². The Hall–Kier alpha value is 0.597. The molecular formula is C6H4Cl4Si. The van der Waals surface area contributed by atoms with E-state index in [0.29, 0.717) is 10.0 Å². The quantitative estimate of drug-likeness (QED) is 0.479. The number of benzene rings is 1. The molecule has 0 aliphatic carbocycles. The van der Waals surface area contributed by atoms with Gasteiger partial charge in [-0.1, -0.05) is 35.3 Å². The summed E-state index contributed by atoms with van der Waals surface area (Å²) < 4.78 is 0. The summed E-state index contributed by atoms with van der Waals surface area (Å²) in [7, 11) is 0.0278. The molecule has 11 heavy (non-hydrogen) atoms. The number of hydrogen-bond acceptors (Lipinski definition) is 0. The van der Waals surface area contributed by atoms with Crippen LogP contribution in [0.25, 0.3) is 0 Å². The van der Waals surface area contributed by atoms with E-state index in [1.54, 1.807) is 12.1 Å². The maximum absolute atomic E-state index is 5.58. The molecule has 0 amide bonds. The Bertz CT molecular complexity index is 183. The van der Waals surface area contributed by atoms with Crippen molar-refractivity contribution in [2.45, 2.75) is 0 Å². The molecule has 1 aromatic carbocycles. The van der Waals surface area contributed by atoms with Gasteiger partial charge in [-0.15, -0.1) is 22.2 Å². The largest absolute Gasteiger partial charge is 0.295 e. The van der Waals surface area contributed by atoms with Crippen LogP contribution in [0.15, 0.2) is 24.3 Å². The number of hydrogen-bond donors (Lipinski definition) is 0. The zero-order chi connectivity index (χ0) is 8.69. The van der Waals surface area contributed by atoms with Crippen LogP contribution in [0.5, 0.6) is 0 Å². The molecule has 0 atom stereocenters. The third-order valence-corrected chi connectivity index (χ3v) is 1.58. The summed E-state index contributed by atoms with van der Waals surface area (Å²) in [5.74, 6) is 0. The minimum absolute atomic E-state index is 0.0278. The van der Waals surface area contributed by atoms with Gasteiger partial charge in [0.1, 0.15) is 0 Å². The first-order chi connectivity index (χ1) is 5.22. The van der Waals surface area contributed by atoms with Crippen molar-refractivity contribution in [3.8, 4) is 0 Å². The van der Waals surface area contributed by atoms with Crippen LogP contribution in [0.4, 0.5) is 0 Å². The SMILES string of the molecule is Cl[Si]Cl.Clc1ccccc1Cl. The van der Waals surface area contributed by atoms with Gasteiger partial charge in [0.15, 0.2) is 0 Å². The van der Waals surface area contributed by atoms with Crippen molar-refractivity contribution in [3.63, 3.8) is 0 Å². The Morgan fingerprint density at radius 2 is 1.18 bits per heavy atom. The van der Waals surface area contributed by atoms with Gasteiger partial charge in [-0.05, 0) is 12.1 Å². The minimum atomic E-state index is 0.0278. The molecule has 60 valence electrons. The summed E-state index contributed by atoms with van der Waals surface area (Å²) >= 11 is 20.7. The molecule has 0 saturated carbocycles. The zero-order valence-corrected chi connectivity index (χ0v) is 9.34. The molecule has 0 unspecified atom stereocenters. The molecule has 0 aromatic heterocycles. The molecule has 0 spiro atoms. The van der Waals surface area contributed by atoms with Crippen molar-refractivity contribution in [1.29, 1.82) is 0 Å². The van der Waals surface area contributed by atoms with Crippen molar-refractivity contribution in [2.75, 3.05) is 0 Å². The van der Waals surface area contributed by atoms with E-state index in [1.807, 2.05) is 12.1 Å². The van der Waals surface area contributed by atoms with Crippen molar-refractivity contribution < 1.29 is 0 Å². The van der Waals surface area contributed by atoms with Crippen LogP contribution >= 0.6 is 45.4 Å². The van der Waals surface area contributed by atoms with E-state index >= 15 is 0 Å². The molecule has 0 N–H and O–H groups in total. The van der Waals surface area contributed by atoms with Crippen LogP contribution in [-0.4, -0.2) is 8.14 Å². The summed E-state index contributed by atoms with van der Waals surface area (Å²) in [6.45, 7) is 0. The highest BCUT2D eigenvalue weighted by molar-refractivity contribution is 7.22. The highest BCUT2D eigenvalue weighted by atomic mass is 35.7. The maximum atomic E-state index is 5.58. The molecule has 0 fully saturated rings. The monoisotopic (exact) mass is 244 g/mol. The highest BCUT2D eigenvalue weighted by Crippen LogP contribution is 2.19.